The lowest BCUT2D eigenvalue weighted by Crippen LogP contribution is -2.44. The summed E-state index contributed by atoms with van der Waals surface area (Å²) in [5.41, 5.74) is 1.50. The number of rotatable bonds is 7. The van der Waals surface area contributed by atoms with E-state index < -0.39 is 21.8 Å². The van der Waals surface area contributed by atoms with Gasteiger partial charge in [0, 0.05) is 18.8 Å². The molecule has 1 saturated heterocycles. The number of amides is 1. The van der Waals surface area contributed by atoms with Crippen molar-refractivity contribution in [2.24, 2.45) is 5.92 Å². The van der Waals surface area contributed by atoms with Gasteiger partial charge in [-0.2, -0.15) is 0 Å². The van der Waals surface area contributed by atoms with E-state index in [2.05, 4.69) is 5.32 Å². The fourth-order valence-corrected chi connectivity index (χ4v) is 5.22. The van der Waals surface area contributed by atoms with E-state index in [-0.39, 0.29) is 23.2 Å². The number of aryl methyl sites for hydroxylation is 1. The Morgan fingerprint density at radius 2 is 1.97 bits per heavy atom. The van der Waals surface area contributed by atoms with Crippen LogP contribution in [0.15, 0.2) is 48.5 Å². The molecular weight excluding hydrogens is 415 g/mol. The fourth-order valence-electron chi connectivity index (χ4n) is 3.46. The summed E-state index contributed by atoms with van der Waals surface area (Å²) in [7, 11) is -3.42. The Morgan fingerprint density at radius 1 is 1.21 bits per heavy atom. The average Bonchev–Trinajstić information content (AvgIpc) is 2.71. The van der Waals surface area contributed by atoms with Crippen molar-refractivity contribution >= 4 is 33.2 Å². The normalized spacial score (nSPS) is 17.8. The van der Waals surface area contributed by atoms with Gasteiger partial charge in [-0.15, -0.1) is 0 Å². The van der Waals surface area contributed by atoms with Crippen molar-refractivity contribution in [1.29, 1.82) is 0 Å². The summed E-state index contributed by atoms with van der Waals surface area (Å²) in [6.07, 6.45) is 2.47. The first-order valence-corrected chi connectivity index (χ1v) is 11.6. The Labute approximate surface area is 175 Å². The lowest BCUT2D eigenvalue weighted by molar-refractivity contribution is -0.120. The molecule has 0 aromatic heterocycles. The number of nitrogens with zero attached hydrogens (tertiary/aromatic N) is 1. The highest BCUT2D eigenvalue weighted by molar-refractivity contribution is 7.89. The number of piperidine rings is 1. The highest BCUT2D eigenvalue weighted by Crippen LogP contribution is 2.24. The first kappa shape index (κ1) is 21.7. The van der Waals surface area contributed by atoms with Gasteiger partial charge in [-0.1, -0.05) is 41.9 Å². The summed E-state index contributed by atoms with van der Waals surface area (Å²) < 4.78 is 40.1. The number of carbonyl (C=O) groups is 1. The van der Waals surface area contributed by atoms with Crippen molar-refractivity contribution in [3.63, 3.8) is 0 Å². The van der Waals surface area contributed by atoms with E-state index in [0.29, 0.717) is 37.9 Å². The highest BCUT2D eigenvalue weighted by atomic mass is 35.5. The van der Waals surface area contributed by atoms with Crippen LogP contribution in [0.3, 0.4) is 0 Å². The molecule has 1 N–H and O–H groups in total. The molecule has 1 aliphatic heterocycles. The SMILES string of the molecule is O=C(Nc1ccc(F)c(Cl)c1)[C@@H]1CCCN(S(=O)(=O)CCCc2ccccc2)C1. The minimum atomic E-state index is -3.42. The van der Waals surface area contributed by atoms with E-state index in [9.17, 15) is 17.6 Å². The molecule has 29 heavy (non-hydrogen) atoms. The van der Waals surface area contributed by atoms with E-state index in [0.717, 1.165) is 5.56 Å². The molecule has 0 bridgehead atoms. The monoisotopic (exact) mass is 438 g/mol. The maximum Gasteiger partial charge on any atom is 0.228 e. The fraction of sp³-hybridized carbons (Fsp3) is 0.381. The molecule has 0 radical (unpaired) electrons. The summed E-state index contributed by atoms with van der Waals surface area (Å²) in [5.74, 6) is -1.23. The van der Waals surface area contributed by atoms with Crippen LogP contribution in [-0.4, -0.2) is 37.5 Å². The van der Waals surface area contributed by atoms with Gasteiger partial charge in [0.05, 0.1) is 16.7 Å². The molecule has 0 spiro atoms. The summed E-state index contributed by atoms with van der Waals surface area (Å²) in [5, 5.41) is 2.63. The highest BCUT2D eigenvalue weighted by Gasteiger charge is 2.32. The van der Waals surface area contributed by atoms with E-state index in [4.69, 9.17) is 11.6 Å². The Hall–Kier alpha value is -1.96. The molecule has 3 rings (SSSR count). The Kier molecular flexibility index (Phi) is 7.27. The molecule has 8 heteroatoms. The number of hydrogen-bond acceptors (Lipinski definition) is 3. The van der Waals surface area contributed by atoms with Crippen LogP contribution in [0.25, 0.3) is 0 Å². The van der Waals surface area contributed by atoms with Gasteiger partial charge in [-0.05, 0) is 49.4 Å². The molecule has 1 heterocycles. The zero-order valence-corrected chi connectivity index (χ0v) is 17.6. The van der Waals surface area contributed by atoms with Crippen LogP contribution in [0.5, 0.6) is 0 Å². The third-order valence-corrected chi connectivity index (χ3v) is 7.26. The zero-order chi connectivity index (χ0) is 20.9. The summed E-state index contributed by atoms with van der Waals surface area (Å²) in [4.78, 5) is 12.6. The number of nitrogens with one attached hydrogen (secondary N) is 1. The predicted molar refractivity (Wildman–Crippen MR) is 113 cm³/mol. The van der Waals surface area contributed by atoms with Crippen LogP contribution < -0.4 is 5.32 Å². The average molecular weight is 439 g/mol. The molecule has 156 valence electrons. The van der Waals surface area contributed by atoms with Crippen LogP contribution in [-0.2, 0) is 21.2 Å². The quantitative estimate of drug-likeness (QED) is 0.707. The molecule has 1 aliphatic rings. The zero-order valence-electron chi connectivity index (χ0n) is 16.0. The second-order valence-corrected chi connectivity index (χ2v) is 9.72. The minimum Gasteiger partial charge on any atom is -0.326 e. The molecular formula is C21H24ClFN2O3S. The molecule has 0 saturated carbocycles. The standard InChI is InChI=1S/C21H24ClFN2O3S/c22-19-14-18(10-11-20(19)23)24-21(26)17-9-4-12-25(15-17)29(27,28)13-5-8-16-6-2-1-3-7-16/h1-3,6-7,10-11,14,17H,4-5,8-9,12-13,15H2,(H,24,26)/t17-/m1/s1. The van der Waals surface area contributed by atoms with Gasteiger partial charge in [0.25, 0.3) is 0 Å². The molecule has 1 fully saturated rings. The van der Waals surface area contributed by atoms with Gasteiger partial charge in [0.15, 0.2) is 0 Å². The van der Waals surface area contributed by atoms with Crippen molar-refractivity contribution in [3.05, 3.63) is 64.9 Å². The van der Waals surface area contributed by atoms with Crippen LogP contribution in [0.4, 0.5) is 10.1 Å². The number of benzene rings is 2. The number of anilines is 1. The first-order chi connectivity index (χ1) is 13.8. The Bertz CT molecular complexity index is 954. The van der Waals surface area contributed by atoms with Gasteiger partial charge in [-0.3, -0.25) is 4.79 Å². The van der Waals surface area contributed by atoms with Crippen LogP contribution >= 0.6 is 11.6 Å². The topological polar surface area (TPSA) is 66.5 Å². The van der Waals surface area contributed by atoms with Crippen molar-refractivity contribution in [2.75, 3.05) is 24.2 Å². The van der Waals surface area contributed by atoms with Gasteiger partial charge >= 0.3 is 0 Å². The van der Waals surface area contributed by atoms with E-state index in [1.54, 1.807) is 0 Å². The lowest BCUT2D eigenvalue weighted by atomic mass is 9.99. The second-order valence-electron chi connectivity index (χ2n) is 7.22. The molecule has 0 aliphatic carbocycles. The minimum absolute atomic E-state index is 0.0593. The van der Waals surface area contributed by atoms with E-state index in [1.807, 2.05) is 30.3 Å². The molecule has 5 nitrogen and oxygen atoms in total. The molecule has 2 aromatic rings. The Morgan fingerprint density at radius 3 is 2.69 bits per heavy atom. The predicted octanol–water partition coefficient (Wildman–Crippen LogP) is 4.09. The second kappa shape index (κ2) is 9.69. The van der Waals surface area contributed by atoms with Crippen molar-refractivity contribution in [2.45, 2.75) is 25.7 Å². The maximum atomic E-state index is 13.3. The first-order valence-electron chi connectivity index (χ1n) is 9.63. The Balaban J connectivity index is 1.55. The van der Waals surface area contributed by atoms with Crippen LogP contribution in [0.1, 0.15) is 24.8 Å². The van der Waals surface area contributed by atoms with Crippen molar-refractivity contribution in [1.82, 2.24) is 4.31 Å². The third kappa shape index (κ3) is 6.01. The largest absolute Gasteiger partial charge is 0.326 e. The van der Waals surface area contributed by atoms with E-state index in [1.165, 1.54) is 22.5 Å². The summed E-state index contributed by atoms with van der Waals surface area (Å²) >= 11 is 5.74. The molecule has 2 aromatic carbocycles. The molecule has 1 amide bonds. The van der Waals surface area contributed by atoms with Gasteiger partial charge in [0.1, 0.15) is 5.82 Å². The van der Waals surface area contributed by atoms with Gasteiger partial charge < -0.3 is 5.32 Å². The number of carbonyl (C=O) groups excluding carboxylic acids is 1. The van der Waals surface area contributed by atoms with Gasteiger partial charge in [-0.25, -0.2) is 17.1 Å². The summed E-state index contributed by atoms with van der Waals surface area (Å²) in [6.45, 7) is 0.592. The van der Waals surface area contributed by atoms with Crippen molar-refractivity contribution in [3.8, 4) is 0 Å². The van der Waals surface area contributed by atoms with Crippen LogP contribution in [0, 0.1) is 11.7 Å². The lowest BCUT2D eigenvalue weighted by Gasteiger charge is -2.31. The molecule has 1 atom stereocenters. The van der Waals surface area contributed by atoms with Crippen molar-refractivity contribution < 1.29 is 17.6 Å². The van der Waals surface area contributed by atoms with E-state index >= 15 is 0 Å². The number of hydrogen-bond donors (Lipinski definition) is 1. The number of sulfonamides is 1. The third-order valence-electron chi connectivity index (χ3n) is 5.05. The molecule has 0 unspecified atom stereocenters. The maximum absolute atomic E-state index is 13.3. The van der Waals surface area contributed by atoms with Crippen LogP contribution in [0.2, 0.25) is 5.02 Å². The van der Waals surface area contributed by atoms with Gasteiger partial charge in [0.2, 0.25) is 15.9 Å². The number of halogens is 2. The summed E-state index contributed by atoms with van der Waals surface area (Å²) in [6, 6.07) is 13.7. The smallest absolute Gasteiger partial charge is 0.228 e.